The number of anilines is 1. The van der Waals surface area contributed by atoms with Gasteiger partial charge in [0, 0.05) is 18.3 Å². The molecule has 21 heavy (non-hydrogen) atoms. The second-order valence-electron chi connectivity index (χ2n) is 4.35. The van der Waals surface area contributed by atoms with Gasteiger partial charge in [-0.3, -0.25) is 0 Å². The Balaban J connectivity index is 2.15. The summed E-state index contributed by atoms with van der Waals surface area (Å²) in [5, 5.41) is 3.79. The Morgan fingerprint density at radius 1 is 1.19 bits per heavy atom. The van der Waals surface area contributed by atoms with Crippen LogP contribution in [-0.4, -0.2) is 20.2 Å². The van der Waals surface area contributed by atoms with Gasteiger partial charge in [0.25, 0.3) is 0 Å². The third-order valence-corrected chi connectivity index (χ3v) is 3.37. The molecule has 2 aromatic rings. The summed E-state index contributed by atoms with van der Waals surface area (Å²) in [5.41, 5.74) is 2.27. The Hall–Kier alpha value is -2.20. The van der Waals surface area contributed by atoms with Crippen LogP contribution in [0.25, 0.3) is 0 Å². The molecule has 0 bridgehead atoms. The summed E-state index contributed by atoms with van der Waals surface area (Å²) in [4.78, 5) is 11.7. The molecule has 110 valence electrons. The van der Waals surface area contributed by atoms with Crippen molar-refractivity contribution in [2.75, 3.05) is 19.5 Å². The summed E-state index contributed by atoms with van der Waals surface area (Å²) < 4.78 is 9.95. The van der Waals surface area contributed by atoms with Crippen molar-refractivity contribution in [2.45, 2.75) is 6.54 Å². The molecule has 0 radical (unpaired) electrons. The molecule has 0 aliphatic rings. The second kappa shape index (κ2) is 6.99. The van der Waals surface area contributed by atoms with Crippen molar-refractivity contribution in [3.8, 4) is 5.75 Å². The number of methoxy groups -OCH3 is 2. The summed E-state index contributed by atoms with van der Waals surface area (Å²) in [6.45, 7) is 0.496. The van der Waals surface area contributed by atoms with E-state index in [1.807, 2.05) is 24.3 Å². The largest absolute Gasteiger partial charge is 0.495 e. The first-order valence-electron chi connectivity index (χ1n) is 6.39. The monoisotopic (exact) mass is 305 g/mol. The van der Waals surface area contributed by atoms with Crippen LogP contribution < -0.4 is 10.1 Å². The Labute approximate surface area is 128 Å². The zero-order valence-electron chi connectivity index (χ0n) is 11.9. The highest BCUT2D eigenvalue weighted by atomic mass is 35.5. The lowest BCUT2D eigenvalue weighted by Crippen LogP contribution is -2.09. The minimum Gasteiger partial charge on any atom is -0.495 e. The Morgan fingerprint density at radius 2 is 1.95 bits per heavy atom. The van der Waals surface area contributed by atoms with Crippen molar-refractivity contribution < 1.29 is 14.3 Å². The summed E-state index contributed by atoms with van der Waals surface area (Å²) >= 11 is 5.99. The van der Waals surface area contributed by atoms with Crippen molar-refractivity contribution >= 4 is 23.3 Å². The molecule has 0 unspecified atom stereocenters. The van der Waals surface area contributed by atoms with Gasteiger partial charge in [0.15, 0.2) is 0 Å². The number of esters is 1. The molecule has 2 rings (SSSR count). The van der Waals surface area contributed by atoms with E-state index in [-0.39, 0.29) is 5.97 Å². The van der Waals surface area contributed by atoms with Crippen LogP contribution >= 0.6 is 11.6 Å². The van der Waals surface area contributed by atoms with Crippen LogP contribution in [0.15, 0.2) is 42.5 Å². The van der Waals surface area contributed by atoms with E-state index in [1.54, 1.807) is 25.3 Å². The first kappa shape index (κ1) is 15.2. The molecule has 0 atom stereocenters. The fourth-order valence-corrected chi connectivity index (χ4v) is 2.15. The van der Waals surface area contributed by atoms with Crippen LogP contribution in [0, 0.1) is 0 Å². The molecular formula is C16H16ClNO3. The van der Waals surface area contributed by atoms with Crippen molar-refractivity contribution in [2.24, 2.45) is 0 Å². The highest BCUT2D eigenvalue weighted by Gasteiger charge is 2.10. The molecule has 0 spiro atoms. The second-order valence-corrected chi connectivity index (χ2v) is 4.76. The van der Waals surface area contributed by atoms with E-state index in [4.69, 9.17) is 21.1 Å². The third-order valence-electron chi connectivity index (χ3n) is 3.06. The van der Waals surface area contributed by atoms with Gasteiger partial charge >= 0.3 is 5.97 Å². The molecule has 5 heteroatoms. The molecule has 0 fully saturated rings. The topological polar surface area (TPSA) is 47.6 Å². The van der Waals surface area contributed by atoms with Crippen LogP contribution in [0.1, 0.15) is 15.9 Å². The lowest BCUT2D eigenvalue weighted by atomic mass is 10.1. The third kappa shape index (κ3) is 3.67. The molecule has 1 N–H and O–H groups in total. The van der Waals surface area contributed by atoms with E-state index < -0.39 is 0 Å². The van der Waals surface area contributed by atoms with Gasteiger partial charge in [-0.15, -0.1) is 0 Å². The van der Waals surface area contributed by atoms with Crippen LogP contribution in [-0.2, 0) is 11.3 Å². The molecule has 0 aliphatic heterocycles. The van der Waals surface area contributed by atoms with Gasteiger partial charge in [-0.1, -0.05) is 29.8 Å². The molecule has 0 saturated carbocycles. The maximum absolute atomic E-state index is 11.7. The lowest BCUT2D eigenvalue weighted by Gasteiger charge is -2.11. The zero-order valence-corrected chi connectivity index (χ0v) is 12.6. The van der Waals surface area contributed by atoms with Crippen LogP contribution in [0.4, 0.5) is 5.69 Å². The van der Waals surface area contributed by atoms with Gasteiger partial charge in [0.2, 0.25) is 0 Å². The quantitative estimate of drug-likeness (QED) is 0.855. The van der Waals surface area contributed by atoms with E-state index in [9.17, 15) is 4.79 Å². The summed E-state index contributed by atoms with van der Waals surface area (Å²) in [6, 6.07) is 12.7. The van der Waals surface area contributed by atoms with Crippen molar-refractivity contribution in [1.29, 1.82) is 0 Å². The predicted octanol–water partition coefficient (Wildman–Crippen LogP) is 3.75. The fourth-order valence-electron chi connectivity index (χ4n) is 1.95. The Kier molecular flexibility index (Phi) is 5.06. The average Bonchev–Trinajstić information content (AvgIpc) is 2.53. The number of nitrogens with one attached hydrogen (secondary N) is 1. The molecular weight excluding hydrogens is 290 g/mol. The van der Waals surface area contributed by atoms with Crippen LogP contribution in [0.3, 0.4) is 0 Å². The Bertz CT molecular complexity index is 643. The number of benzene rings is 2. The summed E-state index contributed by atoms with van der Waals surface area (Å²) in [7, 11) is 2.94. The van der Waals surface area contributed by atoms with E-state index in [1.165, 1.54) is 7.11 Å². The molecule has 0 saturated heterocycles. The average molecular weight is 306 g/mol. The molecule has 0 amide bonds. The van der Waals surface area contributed by atoms with Crippen molar-refractivity contribution in [3.63, 3.8) is 0 Å². The zero-order chi connectivity index (χ0) is 15.2. The van der Waals surface area contributed by atoms with E-state index in [0.717, 1.165) is 11.3 Å². The van der Waals surface area contributed by atoms with E-state index >= 15 is 0 Å². The number of carbonyl (C=O) groups excluding carboxylic acids is 1. The van der Waals surface area contributed by atoms with Gasteiger partial charge in [-0.05, 0) is 23.8 Å². The lowest BCUT2D eigenvalue weighted by molar-refractivity contribution is 0.0599. The first-order valence-corrected chi connectivity index (χ1v) is 6.77. The number of halogens is 1. The normalized spacial score (nSPS) is 10.0. The maximum atomic E-state index is 11.7. The summed E-state index contributed by atoms with van der Waals surface area (Å²) in [6.07, 6.45) is 0. The Morgan fingerprint density at radius 3 is 2.67 bits per heavy atom. The maximum Gasteiger partial charge on any atom is 0.338 e. The smallest absolute Gasteiger partial charge is 0.338 e. The van der Waals surface area contributed by atoms with Crippen LogP contribution in [0.2, 0.25) is 5.02 Å². The number of carbonyl (C=O) groups is 1. The summed E-state index contributed by atoms with van der Waals surface area (Å²) in [5.74, 6) is 0.254. The van der Waals surface area contributed by atoms with Crippen molar-refractivity contribution in [1.82, 2.24) is 0 Å². The molecule has 0 heterocycles. The number of ether oxygens (including phenoxy) is 2. The molecule has 4 nitrogen and oxygen atoms in total. The molecule has 2 aromatic carbocycles. The number of hydrogen-bond acceptors (Lipinski definition) is 4. The van der Waals surface area contributed by atoms with Crippen molar-refractivity contribution in [3.05, 3.63) is 58.6 Å². The number of rotatable bonds is 5. The van der Waals surface area contributed by atoms with Gasteiger partial charge in [-0.2, -0.15) is 0 Å². The molecule has 0 aliphatic carbocycles. The minimum absolute atomic E-state index is 0.346. The van der Waals surface area contributed by atoms with Crippen LogP contribution in [0.5, 0.6) is 5.75 Å². The van der Waals surface area contributed by atoms with Gasteiger partial charge in [0.1, 0.15) is 5.75 Å². The SMILES string of the molecule is COC(=O)c1ccccc1CNc1ccc(Cl)c(OC)c1. The fraction of sp³-hybridized carbons (Fsp3) is 0.188. The molecule has 0 aromatic heterocycles. The van der Waals surface area contributed by atoms with Gasteiger partial charge in [0.05, 0.1) is 24.8 Å². The minimum atomic E-state index is -0.346. The van der Waals surface area contributed by atoms with Gasteiger partial charge in [-0.25, -0.2) is 4.79 Å². The standard InChI is InChI=1S/C16H16ClNO3/c1-20-15-9-12(7-8-14(15)17)18-10-11-5-3-4-6-13(11)16(19)21-2/h3-9,18H,10H2,1-2H3. The van der Waals surface area contributed by atoms with Gasteiger partial charge < -0.3 is 14.8 Å². The highest BCUT2D eigenvalue weighted by molar-refractivity contribution is 6.32. The van der Waals surface area contributed by atoms with E-state index in [2.05, 4.69) is 5.32 Å². The predicted molar refractivity (Wildman–Crippen MR) is 83.1 cm³/mol. The highest BCUT2D eigenvalue weighted by Crippen LogP contribution is 2.27. The van der Waals surface area contributed by atoms with E-state index in [0.29, 0.717) is 22.9 Å². The first-order chi connectivity index (χ1) is 10.2. The number of hydrogen-bond donors (Lipinski definition) is 1.